The molecular weight excluding hydrogens is 456 g/mol. The number of rotatable bonds is 2. The van der Waals surface area contributed by atoms with Crippen LogP contribution in [0, 0.1) is 56.7 Å². The zero-order valence-electron chi connectivity index (χ0n) is 22.7. The van der Waals surface area contributed by atoms with Crippen LogP contribution >= 0.6 is 0 Å². The molecule has 5 aliphatic carbocycles. The maximum Gasteiger partial charge on any atom is 0.310 e. The average molecular weight is 501 g/mol. The number of carboxylic acids is 1. The molecule has 11 atom stereocenters. The highest BCUT2D eigenvalue weighted by molar-refractivity contribution is 5.99. The largest absolute Gasteiger partial charge is 0.505 e. The van der Waals surface area contributed by atoms with Crippen molar-refractivity contribution in [3.05, 3.63) is 23.5 Å². The number of carbonyl (C=O) groups is 2. The van der Waals surface area contributed by atoms with Gasteiger partial charge in [0.1, 0.15) is 0 Å². The first-order chi connectivity index (χ1) is 16.6. The zero-order valence-corrected chi connectivity index (χ0v) is 22.7. The number of aliphatic carboxylic acids is 1. The maximum atomic E-state index is 13.0. The fraction of sp³-hybridized carbons (Fsp3) is 0.800. The Kier molecular flexibility index (Phi) is 5.55. The Morgan fingerprint density at radius 3 is 2.36 bits per heavy atom. The normalized spacial score (nSPS) is 54.3. The van der Waals surface area contributed by atoms with Crippen LogP contribution in [0.5, 0.6) is 0 Å². The molecule has 0 radical (unpaired) electrons. The minimum Gasteiger partial charge on any atom is -0.505 e. The summed E-state index contributed by atoms with van der Waals surface area (Å²) >= 11 is 0. The second-order valence-electron chi connectivity index (χ2n) is 14.0. The summed E-state index contributed by atoms with van der Waals surface area (Å²) in [7, 11) is 0. The highest BCUT2D eigenvalue weighted by atomic mass is 16.4. The molecule has 3 saturated carbocycles. The van der Waals surface area contributed by atoms with Crippen LogP contribution in [0.4, 0.5) is 0 Å². The number of aliphatic hydroxyl groups is 3. The highest BCUT2D eigenvalue weighted by Gasteiger charge is 2.72. The number of hydrogen-bond donors (Lipinski definition) is 4. The van der Waals surface area contributed by atoms with Gasteiger partial charge in [-0.15, -0.1) is 0 Å². The van der Waals surface area contributed by atoms with Crippen molar-refractivity contribution >= 4 is 11.8 Å². The smallest absolute Gasteiger partial charge is 0.310 e. The standard InChI is InChI=1S/C30H44O6/c1-16-9-12-30(25(35)36)14-22(33)29(6)18(23(30)17(16)2)7-8-21-26(3)13-19(32)24(34)27(4,15-31)20(26)10-11-28(21,29)5/h7,13,16-17,20-23,31-33H,8-12,14-15H2,1-6H3,(H,35,36)/t16-,17+,20-,21-,22+,23+,26+,27+,28-,29+,30+/m1/s1. The Hall–Kier alpha value is -1.66. The fourth-order valence-electron chi connectivity index (χ4n) is 10.4. The SMILES string of the molecule is C[C@H]1[C@H](C)CC[C@]2(C(=O)O)C[C@H](O)[C@]3(C)C(=CC[C@@H]4[C@@]5(C)C=C(O)C(=O)[C@@](C)(CO)[C@@H]5CC[C@]43C)[C@H]12. The number of aliphatic hydroxyl groups excluding tert-OH is 3. The molecule has 0 aromatic carbocycles. The van der Waals surface area contributed by atoms with Gasteiger partial charge in [0.05, 0.1) is 23.5 Å². The Balaban J connectivity index is 1.69. The number of allylic oxidation sites excluding steroid dienone is 3. The van der Waals surface area contributed by atoms with Crippen LogP contribution in [0.2, 0.25) is 0 Å². The Labute approximate surface area is 214 Å². The van der Waals surface area contributed by atoms with Gasteiger partial charge in [0, 0.05) is 5.41 Å². The van der Waals surface area contributed by atoms with Crippen LogP contribution in [-0.4, -0.2) is 44.9 Å². The first-order valence-corrected chi connectivity index (χ1v) is 13.8. The molecule has 4 N–H and O–H groups in total. The van der Waals surface area contributed by atoms with E-state index in [1.54, 1.807) is 13.0 Å². The lowest BCUT2D eigenvalue weighted by atomic mass is 9.33. The molecule has 0 aromatic rings. The summed E-state index contributed by atoms with van der Waals surface area (Å²) in [6, 6.07) is 0. The number of hydrogen-bond acceptors (Lipinski definition) is 5. The third kappa shape index (κ3) is 2.76. The fourth-order valence-corrected chi connectivity index (χ4v) is 10.4. The van der Waals surface area contributed by atoms with Crippen LogP contribution < -0.4 is 0 Å². The van der Waals surface area contributed by atoms with Gasteiger partial charge in [-0.1, -0.05) is 46.3 Å². The van der Waals surface area contributed by atoms with Gasteiger partial charge in [-0.25, -0.2) is 0 Å². The van der Waals surface area contributed by atoms with Gasteiger partial charge in [0.15, 0.2) is 5.76 Å². The second-order valence-corrected chi connectivity index (χ2v) is 14.0. The van der Waals surface area contributed by atoms with E-state index in [4.69, 9.17) is 0 Å². The highest BCUT2D eigenvalue weighted by Crippen LogP contribution is 2.75. The van der Waals surface area contributed by atoms with Crippen molar-refractivity contribution in [2.75, 3.05) is 6.61 Å². The molecule has 0 aromatic heterocycles. The molecule has 5 aliphatic rings. The summed E-state index contributed by atoms with van der Waals surface area (Å²) in [4.78, 5) is 25.8. The summed E-state index contributed by atoms with van der Waals surface area (Å²) in [5.74, 6) is -1.03. The van der Waals surface area contributed by atoms with Crippen LogP contribution in [0.15, 0.2) is 23.5 Å². The second kappa shape index (κ2) is 7.69. The quantitative estimate of drug-likeness (QED) is 0.401. The molecule has 200 valence electrons. The minimum atomic E-state index is -1.04. The summed E-state index contributed by atoms with van der Waals surface area (Å²) in [6.45, 7) is 12.4. The van der Waals surface area contributed by atoms with E-state index in [1.165, 1.54) is 0 Å². The third-order valence-corrected chi connectivity index (χ3v) is 12.9. The first-order valence-electron chi connectivity index (χ1n) is 13.8. The first kappa shape index (κ1) is 26.0. The van der Waals surface area contributed by atoms with Gasteiger partial charge in [-0.2, -0.15) is 0 Å². The van der Waals surface area contributed by atoms with E-state index >= 15 is 0 Å². The number of carboxylic acid groups (broad SMARTS) is 1. The molecule has 0 aliphatic heterocycles. The summed E-state index contributed by atoms with van der Waals surface area (Å²) < 4.78 is 0. The zero-order chi connectivity index (χ0) is 26.6. The van der Waals surface area contributed by atoms with Crippen LogP contribution in [0.1, 0.15) is 80.1 Å². The molecule has 0 amide bonds. The van der Waals surface area contributed by atoms with E-state index in [1.807, 2.05) is 0 Å². The number of fused-ring (bicyclic) bond motifs is 7. The van der Waals surface area contributed by atoms with Crippen molar-refractivity contribution in [1.29, 1.82) is 0 Å². The van der Waals surface area contributed by atoms with E-state index in [9.17, 15) is 30.0 Å². The molecule has 0 heterocycles. The van der Waals surface area contributed by atoms with Crippen LogP contribution in [0.3, 0.4) is 0 Å². The van der Waals surface area contributed by atoms with Crippen molar-refractivity contribution in [2.45, 2.75) is 86.2 Å². The lowest BCUT2D eigenvalue weighted by molar-refractivity contribution is -0.206. The number of Topliss-reactive ketones (excluding diaryl/α,β-unsaturated/α-hetero) is 1. The van der Waals surface area contributed by atoms with Crippen molar-refractivity contribution in [3.63, 3.8) is 0 Å². The van der Waals surface area contributed by atoms with Crippen molar-refractivity contribution in [2.24, 2.45) is 56.7 Å². The Bertz CT molecular complexity index is 1060. The number of carbonyl (C=O) groups excluding carboxylic acids is 1. The molecule has 0 bridgehead atoms. The van der Waals surface area contributed by atoms with Crippen LogP contribution in [0.25, 0.3) is 0 Å². The van der Waals surface area contributed by atoms with E-state index in [0.717, 1.165) is 18.4 Å². The van der Waals surface area contributed by atoms with Gasteiger partial charge in [0.25, 0.3) is 0 Å². The molecule has 0 unspecified atom stereocenters. The average Bonchev–Trinajstić information content (AvgIpc) is 2.81. The summed E-state index contributed by atoms with van der Waals surface area (Å²) in [5.41, 5.74) is -2.38. The van der Waals surface area contributed by atoms with E-state index in [2.05, 4.69) is 40.7 Å². The third-order valence-electron chi connectivity index (χ3n) is 12.9. The lowest BCUT2D eigenvalue weighted by Gasteiger charge is -2.70. The van der Waals surface area contributed by atoms with Crippen molar-refractivity contribution in [1.82, 2.24) is 0 Å². The molecule has 6 heteroatoms. The van der Waals surface area contributed by atoms with Crippen molar-refractivity contribution < 1.29 is 30.0 Å². The van der Waals surface area contributed by atoms with E-state index in [0.29, 0.717) is 25.2 Å². The van der Waals surface area contributed by atoms with Gasteiger partial charge < -0.3 is 20.4 Å². The van der Waals surface area contributed by atoms with Gasteiger partial charge in [-0.3, -0.25) is 9.59 Å². The molecule has 6 nitrogen and oxygen atoms in total. The minimum absolute atomic E-state index is 0.0296. The van der Waals surface area contributed by atoms with E-state index in [-0.39, 0.29) is 53.7 Å². The topological polar surface area (TPSA) is 115 Å². The number of ketones is 1. The molecule has 0 saturated heterocycles. The molecule has 0 spiro atoms. The molecule has 5 rings (SSSR count). The van der Waals surface area contributed by atoms with Gasteiger partial charge in [0.2, 0.25) is 5.78 Å². The van der Waals surface area contributed by atoms with Crippen molar-refractivity contribution in [3.8, 4) is 0 Å². The predicted molar refractivity (Wildman–Crippen MR) is 136 cm³/mol. The maximum absolute atomic E-state index is 13.0. The lowest BCUT2D eigenvalue weighted by Crippen LogP contribution is -2.68. The monoisotopic (exact) mass is 500 g/mol. The van der Waals surface area contributed by atoms with Gasteiger partial charge in [-0.05, 0) is 91.9 Å². The van der Waals surface area contributed by atoms with Crippen LogP contribution in [-0.2, 0) is 9.59 Å². The Morgan fingerprint density at radius 1 is 1.08 bits per heavy atom. The van der Waals surface area contributed by atoms with Gasteiger partial charge >= 0.3 is 5.97 Å². The molecule has 3 fully saturated rings. The summed E-state index contributed by atoms with van der Waals surface area (Å²) in [5, 5.41) is 43.5. The molecule has 36 heavy (non-hydrogen) atoms. The predicted octanol–water partition coefficient (Wildman–Crippen LogP) is 4.90. The molecular formula is C30H44O6. The summed E-state index contributed by atoms with van der Waals surface area (Å²) in [6.07, 6.45) is 7.07. The Morgan fingerprint density at radius 2 is 1.75 bits per heavy atom. The van der Waals surface area contributed by atoms with E-state index < -0.39 is 33.7 Å².